The highest BCUT2D eigenvalue weighted by molar-refractivity contribution is 7.18. The number of rotatable bonds is 4. The zero-order valence-corrected chi connectivity index (χ0v) is 11.6. The Hall–Kier alpha value is -1.30. The van der Waals surface area contributed by atoms with Crippen LogP contribution in [-0.4, -0.2) is 23.0 Å². The molecule has 1 aliphatic rings. The number of hydrogen-bond acceptors (Lipinski definition) is 5. The van der Waals surface area contributed by atoms with Gasteiger partial charge in [0.1, 0.15) is 10.7 Å². The number of aromatic nitrogens is 1. The minimum Gasteiger partial charge on any atom is -0.382 e. The topological polar surface area (TPSA) is 80.0 Å². The molecule has 1 fully saturated rings. The van der Waals surface area contributed by atoms with Crippen LogP contribution in [0.3, 0.4) is 0 Å². The van der Waals surface area contributed by atoms with Crippen molar-refractivity contribution in [1.29, 1.82) is 0 Å². The number of thiazole rings is 1. The van der Waals surface area contributed by atoms with Crippen molar-refractivity contribution in [2.75, 3.05) is 11.1 Å². The van der Waals surface area contributed by atoms with Crippen LogP contribution in [0.25, 0.3) is 0 Å². The normalized spacial score (nSPS) is 16.2. The van der Waals surface area contributed by atoms with Gasteiger partial charge in [-0.3, -0.25) is 4.79 Å². The maximum Gasteiger partial charge on any atom is 0.265 e. The number of nitrogens with one attached hydrogen (secondary N) is 2. The summed E-state index contributed by atoms with van der Waals surface area (Å²) in [6.07, 6.45) is 4.54. The van der Waals surface area contributed by atoms with E-state index in [4.69, 9.17) is 5.73 Å². The Balaban J connectivity index is 2.02. The van der Waals surface area contributed by atoms with Crippen LogP contribution in [-0.2, 0) is 0 Å². The van der Waals surface area contributed by atoms with Crippen molar-refractivity contribution in [3.05, 3.63) is 4.88 Å². The third-order valence-corrected chi connectivity index (χ3v) is 3.96. The van der Waals surface area contributed by atoms with E-state index in [2.05, 4.69) is 15.6 Å². The molecular formula is C12H20N4OS. The molecule has 18 heavy (non-hydrogen) atoms. The fraction of sp³-hybridized carbons (Fsp3) is 0.667. The van der Waals surface area contributed by atoms with Gasteiger partial charge in [0, 0.05) is 12.1 Å². The summed E-state index contributed by atoms with van der Waals surface area (Å²) in [5, 5.41) is 6.90. The molecule has 0 atom stereocenters. The Morgan fingerprint density at radius 2 is 2.11 bits per heavy atom. The van der Waals surface area contributed by atoms with Gasteiger partial charge in [-0.25, -0.2) is 4.98 Å². The molecule has 0 saturated heterocycles. The molecule has 0 radical (unpaired) electrons. The molecule has 4 N–H and O–H groups in total. The standard InChI is InChI=1S/C12H20N4OS/c1-7(2)14-12-16-10(13)9(18-12)11(17)15-8-5-3-4-6-8/h7-8H,3-6,13H2,1-2H3,(H,14,16)(H,15,17). The van der Waals surface area contributed by atoms with E-state index in [9.17, 15) is 4.79 Å². The lowest BCUT2D eigenvalue weighted by Gasteiger charge is -2.10. The van der Waals surface area contributed by atoms with Crippen LogP contribution in [0.2, 0.25) is 0 Å². The number of carbonyl (C=O) groups excluding carboxylic acids is 1. The smallest absolute Gasteiger partial charge is 0.265 e. The second-order valence-electron chi connectivity index (χ2n) is 4.99. The first-order chi connectivity index (χ1) is 8.56. The Morgan fingerprint density at radius 3 is 2.72 bits per heavy atom. The first kappa shape index (κ1) is 13.1. The van der Waals surface area contributed by atoms with Crippen LogP contribution in [0, 0.1) is 0 Å². The lowest BCUT2D eigenvalue weighted by Crippen LogP contribution is -2.32. The maximum absolute atomic E-state index is 12.1. The Labute approximate surface area is 111 Å². The van der Waals surface area contributed by atoms with Gasteiger partial charge in [0.2, 0.25) is 0 Å². The molecule has 0 unspecified atom stereocenters. The number of hydrogen-bond donors (Lipinski definition) is 3. The van der Waals surface area contributed by atoms with E-state index < -0.39 is 0 Å². The minimum absolute atomic E-state index is 0.0892. The molecular weight excluding hydrogens is 248 g/mol. The van der Waals surface area contributed by atoms with Crippen LogP contribution in [0.1, 0.15) is 49.2 Å². The molecule has 0 aromatic carbocycles. The summed E-state index contributed by atoms with van der Waals surface area (Å²) in [6, 6.07) is 0.585. The quantitative estimate of drug-likeness (QED) is 0.782. The van der Waals surface area contributed by atoms with E-state index >= 15 is 0 Å². The monoisotopic (exact) mass is 268 g/mol. The summed E-state index contributed by atoms with van der Waals surface area (Å²) in [7, 11) is 0. The van der Waals surface area contributed by atoms with E-state index in [0.717, 1.165) is 12.8 Å². The molecule has 1 amide bonds. The predicted molar refractivity (Wildman–Crippen MR) is 75.0 cm³/mol. The third-order valence-electron chi connectivity index (χ3n) is 2.96. The highest BCUT2D eigenvalue weighted by Gasteiger charge is 2.21. The van der Waals surface area contributed by atoms with Gasteiger partial charge >= 0.3 is 0 Å². The highest BCUT2D eigenvalue weighted by Crippen LogP contribution is 2.26. The predicted octanol–water partition coefficient (Wildman–Crippen LogP) is 2.22. The van der Waals surface area contributed by atoms with Gasteiger partial charge in [-0.1, -0.05) is 24.2 Å². The van der Waals surface area contributed by atoms with Gasteiger partial charge < -0.3 is 16.4 Å². The molecule has 100 valence electrons. The molecule has 1 heterocycles. The largest absolute Gasteiger partial charge is 0.382 e. The molecule has 5 nitrogen and oxygen atoms in total. The van der Waals surface area contributed by atoms with E-state index in [1.807, 2.05) is 13.8 Å². The zero-order chi connectivity index (χ0) is 13.1. The number of nitrogen functional groups attached to an aromatic ring is 1. The third kappa shape index (κ3) is 3.13. The van der Waals surface area contributed by atoms with E-state index in [-0.39, 0.29) is 11.9 Å². The fourth-order valence-electron chi connectivity index (χ4n) is 2.12. The van der Waals surface area contributed by atoms with Crippen molar-refractivity contribution in [2.45, 2.75) is 51.6 Å². The average molecular weight is 268 g/mol. The van der Waals surface area contributed by atoms with Crippen molar-refractivity contribution in [1.82, 2.24) is 10.3 Å². The van der Waals surface area contributed by atoms with Crippen LogP contribution in [0.15, 0.2) is 0 Å². The van der Waals surface area contributed by atoms with Crippen molar-refractivity contribution in [2.24, 2.45) is 0 Å². The highest BCUT2D eigenvalue weighted by atomic mass is 32.1. The van der Waals surface area contributed by atoms with Crippen LogP contribution >= 0.6 is 11.3 Å². The molecule has 1 aliphatic carbocycles. The molecule has 0 spiro atoms. The Morgan fingerprint density at radius 1 is 1.44 bits per heavy atom. The number of nitrogens with zero attached hydrogens (tertiary/aromatic N) is 1. The molecule has 1 aromatic heterocycles. The average Bonchev–Trinajstić information content (AvgIpc) is 2.87. The Kier molecular flexibility index (Phi) is 4.06. The van der Waals surface area contributed by atoms with Crippen LogP contribution < -0.4 is 16.4 Å². The van der Waals surface area contributed by atoms with Gasteiger partial charge in [0.15, 0.2) is 5.13 Å². The second kappa shape index (κ2) is 5.56. The van der Waals surface area contributed by atoms with E-state index in [1.165, 1.54) is 24.2 Å². The van der Waals surface area contributed by atoms with Gasteiger partial charge in [-0.15, -0.1) is 0 Å². The first-order valence-corrected chi connectivity index (χ1v) is 7.21. The maximum atomic E-state index is 12.1. The lowest BCUT2D eigenvalue weighted by atomic mass is 10.2. The Bertz CT molecular complexity index is 424. The summed E-state index contributed by atoms with van der Waals surface area (Å²) in [4.78, 5) is 16.8. The van der Waals surface area contributed by atoms with Crippen molar-refractivity contribution >= 4 is 28.2 Å². The van der Waals surface area contributed by atoms with Crippen molar-refractivity contribution in [3.63, 3.8) is 0 Å². The summed E-state index contributed by atoms with van der Waals surface area (Å²) in [5.41, 5.74) is 5.79. The van der Waals surface area contributed by atoms with Crippen molar-refractivity contribution < 1.29 is 4.79 Å². The molecule has 6 heteroatoms. The molecule has 1 saturated carbocycles. The number of nitrogens with two attached hydrogens (primary N) is 1. The zero-order valence-electron chi connectivity index (χ0n) is 10.8. The lowest BCUT2D eigenvalue weighted by molar-refractivity contribution is 0.0942. The number of carbonyl (C=O) groups is 1. The summed E-state index contributed by atoms with van der Waals surface area (Å²) < 4.78 is 0. The van der Waals surface area contributed by atoms with E-state index in [0.29, 0.717) is 21.9 Å². The van der Waals surface area contributed by atoms with Gasteiger partial charge in [-0.2, -0.15) is 0 Å². The number of amides is 1. The van der Waals surface area contributed by atoms with Crippen LogP contribution in [0.4, 0.5) is 10.9 Å². The van der Waals surface area contributed by atoms with E-state index in [1.54, 1.807) is 0 Å². The summed E-state index contributed by atoms with van der Waals surface area (Å²) >= 11 is 1.32. The SMILES string of the molecule is CC(C)Nc1nc(N)c(C(=O)NC2CCCC2)s1. The van der Waals surface area contributed by atoms with Gasteiger partial charge in [0.25, 0.3) is 5.91 Å². The first-order valence-electron chi connectivity index (χ1n) is 6.40. The molecule has 0 aliphatic heterocycles. The van der Waals surface area contributed by atoms with Crippen LogP contribution in [0.5, 0.6) is 0 Å². The number of anilines is 2. The second-order valence-corrected chi connectivity index (χ2v) is 5.99. The minimum atomic E-state index is -0.0892. The van der Waals surface area contributed by atoms with Crippen molar-refractivity contribution in [3.8, 4) is 0 Å². The van der Waals surface area contributed by atoms with Gasteiger partial charge in [-0.05, 0) is 26.7 Å². The summed E-state index contributed by atoms with van der Waals surface area (Å²) in [5.74, 6) is 0.229. The molecule has 0 bridgehead atoms. The molecule has 1 aromatic rings. The summed E-state index contributed by atoms with van der Waals surface area (Å²) in [6.45, 7) is 4.05. The molecule has 2 rings (SSSR count). The van der Waals surface area contributed by atoms with Gasteiger partial charge in [0.05, 0.1) is 0 Å². The fourth-order valence-corrected chi connectivity index (χ4v) is 3.06.